The summed E-state index contributed by atoms with van der Waals surface area (Å²) in [7, 11) is 0. The van der Waals surface area contributed by atoms with Crippen LogP contribution in [-0.4, -0.2) is 18.2 Å². The van der Waals surface area contributed by atoms with Crippen LogP contribution in [0.5, 0.6) is 5.75 Å². The lowest BCUT2D eigenvalue weighted by Crippen LogP contribution is -2.11. The molecule has 3 rings (SSSR count). The SMILES string of the molecule is CC(=NOCc1cccc(C(N)=O)c1)c1ccc2c(c1)CCO2. The smallest absolute Gasteiger partial charge is 0.248 e. The molecule has 0 atom stereocenters. The third-order valence-corrected chi connectivity index (χ3v) is 3.75. The van der Waals surface area contributed by atoms with Crippen molar-refractivity contribution in [1.82, 2.24) is 0 Å². The Kier molecular flexibility index (Phi) is 4.28. The van der Waals surface area contributed by atoms with Gasteiger partial charge in [-0.1, -0.05) is 17.3 Å². The Morgan fingerprint density at radius 2 is 2.13 bits per heavy atom. The van der Waals surface area contributed by atoms with Crippen molar-refractivity contribution in [2.45, 2.75) is 20.0 Å². The molecular formula is C18H18N2O3. The summed E-state index contributed by atoms with van der Waals surface area (Å²) in [6, 6.07) is 13.0. The zero-order valence-corrected chi connectivity index (χ0v) is 12.9. The molecule has 5 nitrogen and oxygen atoms in total. The number of nitrogens with zero attached hydrogens (tertiary/aromatic N) is 1. The molecule has 1 aliphatic heterocycles. The number of primary amides is 1. The molecule has 0 radical (unpaired) electrons. The Bertz CT molecular complexity index is 769. The van der Waals surface area contributed by atoms with Crippen LogP contribution in [0.1, 0.15) is 34.0 Å². The second kappa shape index (κ2) is 6.52. The van der Waals surface area contributed by atoms with Crippen LogP contribution >= 0.6 is 0 Å². The molecule has 2 N–H and O–H groups in total. The monoisotopic (exact) mass is 310 g/mol. The molecule has 1 heterocycles. The second-order valence-corrected chi connectivity index (χ2v) is 5.44. The molecule has 1 amide bonds. The first-order valence-electron chi connectivity index (χ1n) is 7.45. The van der Waals surface area contributed by atoms with Gasteiger partial charge in [-0.05, 0) is 53.9 Å². The van der Waals surface area contributed by atoms with Crippen LogP contribution in [0, 0.1) is 0 Å². The summed E-state index contributed by atoms with van der Waals surface area (Å²) in [6.45, 7) is 2.92. The summed E-state index contributed by atoms with van der Waals surface area (Å²) in [5, 5.41) is 4.15. The van der Waals surface area contributed by atoms with Crippen molar-refractivity contribution >= 4 is 11.6 Å². The van der Waals surface area contributed by atoms with E-state index in [4.69, 9.17) is 15.3 Å². The topological polar surface area (TPSA) is 73.9 Å². The lowest BCUT2D eigenvalue weighted by Gasteiger charge is -2.05. The normalized spacial score (nSPS) is 13.3. The minimum absolute atomic E-state index is 0.284. The standard InChI is InChI=1S/C18H18N2O3/c1-12(14-5-6-17-15(10-14)7-8-22-17)20-23-11-13-3-2-4-16(9-13)18(19)21/h2-6,9-10H,7-8,11H2,1H3,(H2,19,21). The first-order valence-corrected chi connectivity index (χ1v) is 7.45. The number of carbonyl (C=O) groups is 1. The van der Waals surface area contributed by atoms with Crippen molar-refractivity contribution < 1.29 is 14.4 Å². The highest BCUT2D eigenvalue weighted by molar-refractivity contribution is 5.98. The first kappa shape index (κ1) is 15.1. The summed E-state index contributed by atoms with van der Waals surface area (Å²) in [6.07, 6.45) is 0.928. The average Bonchev–Trinajstić information content (AvgIpc) is 3.02. The lowest BCUT2D eigenvalue weighted by molar-refractivity contribution is 0.0999. The zero-order valence-electron chi connectivity index (χ0n) is 12.9. The molecule has 23 heavy (non-hydrogen) atoms. The van der Waals surface area contributed by atoms with Gasteiger partial charge in [-0.2, -0.15) is 0 Å². The van der Waals surface area contributed by atoms with Gasteiger partial charge in [0.1, 0.15) is 12.4 Å². The molecule has 2 aromatic rings. The maximum Gasteiger partial charge on any atom is 0.248 e. The number of amides is 1. The van der Waals surface area contributed by atoms with Crippen molar-refractivity contribution in [3.8, 4) is 5.75 Å². The second-order valence-electron chi connectivity index (χ2n) is 5.44. The number of ether oxygens (including phenoxy) is 1. The predicted molar refractivity (Wildman–Crippen MR) is 87.6 cm³/mol. The van der Waals surface area contributed by atoms with E-state index >= 15 is 0 Å². The third-order valence-electron chi connectivity index (χ3n) is 3.75. The molecule has 0 unspecified atom stereocenters. The van der Waals surface area contributed by atoms with Crippen LogP contribution in [0.15, 0.2) is 47.6 Å². The minimum atomic E-state index is -0.452. The van der Waals surface area contributed by atoms with Crippen molar-refractivity contribution in [3.05, 3.63) is 64.7 Å². The van der Waals surface area contributed by atoms with Crippen LogP contribution in [-0.2, 0) is 17.9 Å². The van der Waals surface area contributed by atoms with Crippen LogP contribution < -0.4 is 10.5 Å². The van der Waals surface area contributed by atoms with E-state index in [1.165, 1.54) is 5.56 Å². The van der Waals surface area contributed by atoms with Crippen molar-refractivity contribution in [1.29, 1.82) is 0 Å². The molecule has 0 aromatic heterocycles. The van der Waals surface area contributed by atoms with Crippen molar-refractivity contribution in [2.24, 2.45) is 10.9 Å². The fraction of sp³-hybridized carbons (Fsp3) is 0.222. The van der Waals surface area contributed by atoms with E-state index in [9.17, 15) is 4.79 Å². The molecule has 1 aliphatic rings. The highest BCUT2D eigenvalue weighted by atomic mass is 16.6. The van der Waals surface area contributed by atoms with Gasteiger partial charge in [-0.3, -0.25) is 4.79 Å². The quantitative estimate of drug-likeness (QED) is 0.681. The van der Waals surface area contributed by atoms with Crippen LogP contribution in [0.2, 0.25) is 0 Å². The van der Waals surface area contributed by atoms with Crippen LogP contribution in [0.4, 0.5) is 0 Å². The van der Waals surface area contributed by atoms with Crippen LogP contribution in [0.25, 0.3) is 0 Å². The van der Waals surface area contributed by atoms with Gasteiger partial charge in [0.25, 0.3) is 0 Å². The Balaban J connectivity index is 1.66. The molecule has 5 heteroatoms. The number of benzene rings is 2. The molecule has 0 saturated carbocycles. The van der Waals surface area contributed by atoms with Crippen molar-refractivity contribution in [2.75, 3.05) is 6.61 Å². The largest absolute Gasteiger partial charge is 0.493 e. The highest BCUT2D eigenvalue weighted by Crippen LogP contribution is 2.26. The van der Waals surface area contributed by atoms with Gasteiger partial charge in [-0.15, -0.1) is 0 Å². The minimum Gasteiger partial charge on any atom is -0.493 e. The number of oxime groups is 1. The van der Waals surface area contributed by atoms with E-state index in [0.29, 0.717) is 5.56 Å². The number of rotatable bonds is 5. The highest BCUT2D eigenvalue weighted by Gasteiger charge is 2.12. The number of carbonyl (C=O) groups excluding carboxylic acids is 1. The van der Waals surface area contributed by atoms with E-state index in [1.54, 1.807) is 18.2 Å². The summed E-state index contributed by atoms with van der Waals surface area (Å²) in [5.74, 6) is 0.498. The Labute approximate surface area is 134 Å². The van der Waals surface area contributed by atoms with E-state index < -0.39 is 5.91 Å². The van der Waals surface area contributed by atoms with Gasteiger partial charge in [0.05, 0.1) is 12.3 Å². The Hall–Kier alpha value is -2.82. The van der Waals surface area contributed by atoms with E-state index in [0.717, 1.165) is 35.6 Å². The Morgan fingerprint density at radius 3 is 2.96 bits per heavy atom. The molecule has 0 saturated heterocycles. The zero-order chi connectivity index (χ0) is 16.2. The third kappa shape index (κ3) is 3.51. The fourth-order valence-corrected chi connectivity index (χ4v) is 2.48. The van der Waals surface area contributed by atoms with E-state index in [2.05, 4.69) is 11.2 Å². The van der Waals surface area contributed by atoms with Gasteiger partial charge in [0.2, 0.25) is 5.91 Å². The summed E-state index contributed by atoms with van der Waals surface area (Å²) < 4.78 is 5.49. The maximum atomic E-state index is 11.2. The number of nitrogens with two attached hydrogens (primary N) is 1. The number of hydrogen-bond donors (Lipinski definition) is 1. The van der Waals surface area contributed by atoms with Gasteiger partial charge in [0.15, 0.2) is 0 Å². The molecule has 0 fully saturated rings. The van der Waals surface area contributed by atoms with Gasteiger partial charge in [0, 0.05) is 12.0 Å². The number of hydrogen-bond acceptors (Lipinski definition) is 4. The average molecular weight is 310 g/mol. The molecule has 2 aromatic carbocycles. The summed E-state index contributed by atoms with van der Waals surface area (Å²) in [5.41, 5.74) is 9.58. The van der Waals surface area contributed by atoms with Gasteiger partial charge >= 0.3 is 0 Å². The molecule has 0 spiro atoms. The molecule has 0 bridgehead atoms. The lowest BCUT2D eigenvalue weighted by atomic mass is 10.1. The number of fused-ring (bicyclic) bond motifs is 1. The molecule has 118 valence electrons. The van der Waals surface area contributed by atoms with Crippen molar-refractivity contribution in [3.63, 3.8) is 0 Å². The summed E-state index contributed by atoms with van der Waals surface area (Å²) >= 11 is 0. The van der Waals surface area contributed by atoms with Crippen LogP contribution in [0.3, 0.4) is 0 Å². The van der Waals surface area contributed by atoms with E-state index in [1.807, 2.05) is 25.1 Å². The molecular weight excluding hydrogens is 292 g/mol. The maximum absolute atomic E-state index is 11.2. The molecule has 0 aliphatic carbocycles. The summed E-state index contributed by atoms with van der Waals surface area (Å²) in [4.78, 5) is 16.6. The Morgan fingerprint density at radius 1 is 1.26 bits per heavy atom. The van der Waals surface area contributed by atoms with E-state index in [-0.39, 0.29) is 6.61 Å². The predicted octanol–water partition coefficient (Wildman–Crippen LogP) is 2.66. The fourth-order valence-electron chi connectivity index (χ4n) is 2.48. The van der Waals surface area contributed by atoms with Gasteiger partial charge < -0.3 is 15.3 Å². The van der Waals surface area contributed by atoms with Gasteiger partial charge in [-0.25, -0.2) is 0 Å². The first-order chi connectivity index (χ1) is 11.1.